The summed E-state index contributed by atoms with van der Waals surface area (Å²) in [5.74, 6) is -0.762. The van der Waals surface area contributed by atoms with Crippen LogP contribution in [0.1, 0.15) is 42.3 Å². The molecule has 2 aromatic rings. The molecule has 0 radical (unpaired) electrons. The minimum absolute atomic E-state index is 0.333. The first kappa shape index (κ1) is 22.2. The van der Waals surface area contributed by atoms with Crippen LogP contribution in [0, 0.1) is 25.5 Å². The summed E-state index contributed by atoms with van der Waals surface area (Å²) >= 11 is 0. The summed E-state index contributed by atoms with van der Waals surface area (Å²) in [6.07, 6.45) is 1.94. The van der Waals surface area contributed by atoms with E-state index in [0.717, 1.165) is 61.0 Å². The van der Waals surface area contributed by atoms with Crippen LogP contribution in [0.5, 0.6) is 0 Å². The number of aromatic nitrogens is 2. The van der Waals surface area contributed by atoms with Gasteiger partial charge in [-0.1, -0.05) is 6.07 Å². The Kier molecular flexibility index (Phi) is 7.42. The van der Waals surface area contributed by atoms with E-state index in [-0.39, 0.29) is 0 Å². The molecule has 3 rings (SSSR count). The quantitative estimate of drug-likeness (QED) is 0.559. The molecule has 0 bridgehead atoms. The Morgan fingerprint density at radius 3 is 2.53 bits per heavy atom. The van der Waals surface area contributed by atoms with Gasteiger partial charge in [-0.2, -0.15) is 5.10 Å². The second kappa shape index (κ2) is 10.0. The summed E-state index contributed by atoms with van der Waals surface area (Å²) in [6, 6.07) is 4.48. The van der Waals surface area contributed by atoms with Crippen LogP contribution >= 0.6 is 0 Å². The molecule has 1 aromatic carbocycles. The summed E-state index contributed by atoms with van der Waals surface area (Å²) in [7, 11) is 1.95. The summed E-state index contributed by atoms with van der Waals surface area (Å²) in [4.78, 5) is 7.04. The fourth-order valence-corrected chi connectivity index (χ4v) is 3.85. The third kappa shape index (κ3) is 5.56. The Hall–Kier alpha value is -2.48. The average molecular weight is 419 g/mol. The number of hydrogen-bond donors (Lipinski definition) is 2. The van der Waals surface area contributed by atoms with Crippen LogP contribution in [0.3, 0.4) is 0 Å². The Morgan fingerprint density at radius 1 is 1.20 bits per heavy atom. The van der Waals surface area contributed by atoms with Crippen molar-refractivity contribution in [2.45, 2.75) is 52.7 Å². The van der Waals surface area contributed by atoms with E-state index >= 15 is 0 Å². The van der Waals surface area contributed by atoms with Gasteiger partial charge in [-0.25, -0.2) is 13.8 Å². The second-order valence-electron chi connectivity index (χ2n) is 7.91. The van der Waals surface area contributed by atoms with E-state index in [1.165, 1.54) is 12.1 Å². The summed E-state index contributed by atoms with van der Waals surface area (Å²) < 4.78 is 28.4. The molecule has 1 aliphatic rings. The number of aryl methyl sites for hydroxylation is 2. The van der Waals surface area contributed by atoms with E-state index < -0.39 is 11.6 Å². The van der Waals surface area contributed by atoms with Crippen molar-refractivity contribution in [3.63, 3.8) is 0 Å². The van der Waals surface area contributed by atoms with Gasteiger partial charge in [0.25, 0.3) is 0 Å². The van der Waals surface area contributed by atoms with Gasteiger partial charge in [-0.3, -0.25) is 9.58 Å². The van der Waals surface area contributed by atoms with Crippen LogP contribution in [-0.4, -0.2) is 46.3 Å². The van der Waals surface area contributed by atoms with Crippen molar-refractivity contribution in [1.29, 1.82) is 0 Å². The Morgan fingerprint density at radius 2 is 1.93 bits per heavy atom. The highest BCUT2D eigenvalue weighted by atomic mass is 19.2. The first-order chi connectivity index (χ1) is 14.4. The Labute approximate surface area is 177 Å². The zero-order chi connectivity index (χ0) is 21.7. The number of guanidine groups is 1. The molecule has 1 aliphatic heterocycles. The molecule has 0 aliphatic carbocycles. The van der Waals surface area contributed by atoms with E-state index in [0.29, 0.717) is 19.1 Å². The normalized spacial score (nSPS) is 16.1. The van der Waals surface area contributed by atoms with E-state index in [1.807, 2.05) is 18.7 Å². The van der Waals surface area contributed by atoms with Crippen molar-refractivity contribution in [1.82, 2.24) is 25.3 Å². The zero-order valence-corrected chi connectivity index (χ0v) is 18.3. The third-order valence-electron chi connectivity index (χ3n) is 5.72. The lowest BCUT2D eigenvalue weighted by molar-refractivity contribution is 0.198. The molecule has 0 unspecified atom stereocenters. The fourth-order valence-electron chi connectivity index (χ4n) is 3.85. The predicted octanol–water partition coefficient (Wildman–Crippen LogP) is 3.03. The number of nitrogens with zero attached hydrogens (tertiary/aromatic N) is 4. The monoisotopic (exact) mass is 418 g/mol. The van der Waals surface area contributed by atoms with Crippen molar-refractivity contribution in [2.24, 2.45) is 12.0 Å². The fraction of sp³-hybridized carbons (Fsp3) is 0.545. The maximum Gasteiger partial charge on any atom is 0.191 e. The van der Waals surface area contributed by atoms with Crippen molar-refractivity contribution >= 4 is 5.96 Å². The second-order valence-corrected chi connectivity index (χ2v) is 7.91. The lowest BCUT2D eigenvalue weighted by atomic mass is 10.0. The van der Waals surface area contributed by atoms with Gasteiger partial charge in [0, 0.05) is 50.5 Å². The van der Waals surface area contributed by atoms with Crippen molar-refractivity contribution in [2.75, 3.05) is 19.6 Å². The molecule has 6 nitrogen and oxygen atoms in total. The largest absolute Gasteiger partial charge is 0.357 e. The van der Waals surface area contributed by atoms with Gasteiger partial charge in [-0.05, 0) is 51.3 Å². The minimum Gasteiger partial charge on any atom is -0.357 e. The van der Waals surface area contributed by atoms with Crippen LogP contribution in [0.4, 0.5) is 8.78 Å². The molecule has 0 saturated carbocycles. The lowest BCUT2D eigenvalue weighted by Crippen LogP contribution is -2.48. The number of piperidine rings is 1. The number of benzene rings is 1. The van der Waals surface area contributed by atoms with Gasteiger partial charge in [0.15, 0.2) is 17.6 Å². The van der Waals surface area contributed by atoms with Gasteiger partial charge in [0.1, 0.15) is 0 Å². The van der Waals surface area contributed by atoms with Crippen LogP contribution in [0.25, 0.3) is 0 Å². The molecule has 1 fully saturated rings. The lowest BCUT2D eigenvalue weighted by Gasteiger charge is -2.33. The van der Waals surface area contributed by atoms with Gasteiger partial charge in [0.05, 0.1) is 12.2 Å². The summed E-state index contributed by atoms with van der Waals surface area (Å²) in [5, 5.41) is 11.3. The SMILES string of the molecule is CCNC(=NCc1c(C)nn(C)c1C)NC1CCN(Cc2ccc(F)c(F)c2)CC1. The molecule has 164 valence electrons. The molecule has 1 aromatic heterocycles. The van der Waals surface area contributed by atoms with E-state index in [2.05, 4.69) is 34.5 Å². The maximum atomic E-state index is 13.4. The first-order valence-electron chi connectivity index (χ1n) is 10.6. The van der Waals surface area contributed by atoms with Crippen LogP contribution in [0.2, 0.25) is 0 Å². The molecular formula is C22H32F2N6. The highest BCUT2D eigenvalue weighted by molar-refractivity contribution is 5.80. The molecule has 8 heteroatoms. The molecule has 0 spiro atoms. The molecule has 30 heavy (non-hydrogen) atoms. The topological polar surface area (TPSA) is 57.5 Å². The standard InChI is InChI=1S/C22H32F2N6/c1-5-25-22(26-13-19-15(2)28-29(4)16(19)3)27-18-8-10-30(11-9-18)14-17-6-7-20(23)21(24)12-17/h6-7,12,18H,5,8-11,13-14H2,1-4H3,(H2,25,26,27). The van der Waals surface area contributed by atoms with Crippen molar-refractivity contribution < 1.29 is 8.78 Å². The smallest absolute Gasteiger partial charge is 0.191 e. The molecular weight excluding hydrogens is 386 g/mol. The van der Waals surface area contributed by atoms with Crippen molar-refractivity contribution in [3.8, 4) is 0 Å². The molecule has 2 heterocycles. The number of likely N-dealkylation sites (tertiary alicyclic amines) is 1. The van der Waals surface area contributed by atoms with E-state index in [4.69, 9.17) is 4.99 Å². The molecule has 2 N–H and O–H groups in total. The van der Waals surface area contributed by atoms with E-state index in [9.17, 15) is 8.78 Å². The van der Waals surface area contributed by atoms with Crippen molar-refractivity contribution in [3.05, 3.63) is 52.3 Å². The van der Waals surface area contributed by atoms with Crippen LogP contribution in [0.15, 0.2) is 23.2 Å². The number of nitrogens with one attached hydrogen (secondary N) is 2. The zero-order valence-electron chi connectivity index (χ0n) is 18.3. The minimum atomic E-state index is -0.798. The molecule has 0 amide bonds. The Bertz CT molecular complexity index is 884. The van der Waals surface area contributed by atoms with Crippen LogP contribution in [-0.2, 0) is 20.1 Å². The van der Waals surface area contributed by atoms with Gasteiger partial charge >= 0.3 is 0 Å². The summed E-state index contributed by atoms with van der Waals surface area (Å²) in [6.45, 7) is 9.96. The third-order valence-corrected chi connectivity index (χ3v) is 5.72. The number of rotatable bonds is 6. The molecule has 1 saturated heterocycles. The highest BCUT2D eigenvalue weighted by Crippen LogP contribution is 2.16. The number of aliphatic imine (C=N–C) groups is 1. The molecule has 0 atom stereocenters. The van der Waals surface area contributed by atoms with E-state index in [1.54, 1.807) is 6.07 Å². The van der Waals surface area contributed by atoms with Gasteiger partial charge in [-0.15, -0.1) is 0 Å². The predicted molar refractivity (Wildman–Crippen MR) is 115 cm³/mol. The van der Waals surface area contributed by atoms with Crippen LogP contribution < -0.4 is 10.6 Å². The highest BCUT2D eigenvalue weighted by Gasteiger charge is 2.20. The average Bonchev–Trinajstić information content (AvgIpc) is 2.96. The maximum absolute atomic E-state index is 13.4. The number of halogens is 2. The van der Waals surface area contributed by atoms with Gasteiger partial charge in [0.2, 0.25) is 0 Å². The summed E-state index contributed by atoms with van der Waals surface area (Å²) in [5.41, 5.74) is 4.12. The first-order valence-corrected chi connectivity index (χ1v) is 10.6. The number of hydrogen-bond acceptors (Lipinski definition) is 3. The van der Waals surface area contributed by atoms with Gasteiger partial charge < -0.3 is 10.6 Å². The Balaban J connectivity index is 1.53.